The summed E-state index contributed by atoms with van der Waals surface area (Å²) >= 11 is 0. The second-order valence-electron chi connectivity index (χ2n) is 8.70. The van der Waals surface area contributed by atoms with Crippen molar-refractivity contribution in [2.75, 3.05) is 0 Å². The van der Waals surface area contributed by atoms with Crippen LogP contribution in [0.25, 0.3) is 0 Å². The van der Waals surface area contributed by atoms with Gasteiger partial charge in [0, 0.05) is 6.54 Å². The van der Waals surface area contributed by atoms with Crippen LogP contribution in [-0.2, 0) is 38.7 Å². The lowest BCUT2D eigenvalue weighted by Gasteiger charge is -2.25. The summed E-state index contributed by atoms with van der Waals surface area (Å²) in [5.74, 6) is -2.23. The maximum atomic E-state index is 13.0. The van der Waals surface area contributed by atoms with Gasteiger partial charge in [-0.3, -0.25) is 14.4 Å². The van der Waals surface area contributed by atoms with Crippen molar-refractivity contribution in [2.24, 2.45) is 5.92 Å². The van der Waals surface area contributed by atoms with E-state index < -0.39 is 35.8 Å². The average Bonchev–Trinajstić information content (AvgIpc) is 2.84. The third-order valence-corrected chi connectivity index (χ3v) is 5.79. The number of ketones is 1. The lowest BCUT2D eigenvalue weighted by molar-refractivity contribution is -0.140. The van der Waals surface area contributed by atoms with E-state index >= 15 is 0 Å². The minimum Gasteiger partial charge on any atom is -0.445 e. The summed E-state index contributed by atoms with van der Waals surface area (Å²) in [6, 6.07) is 15.1. The number of carbonyl (C=O) groups excluding carboxylic acids is 4. The molecule has 8 heteroatoms. The fourth-order valence-electron chi connectivity index (χ4n) is 3.85. The number of fused-ring (bicyclic) bond motifs is 1. The second kappa shape index (κ2) is 12.0. The summed E-state index contributed by atoms with van der Waals surface area (Å²) in [6.07, 6.45) is 0.933. The number of hydrogen-bond acceptors (Lipinski definition) is 5. The smallest absolute Gasteiger partial charge is 0.408 e. The van der Waals surface area contributed by atoms with Gasteiger partial charge in [-0.05, 0) is 41.9 Å². The first-order chi connectivity index (χ1) is 16.3. The van der Waals surface area contributed by atoms with Gasteiger partial charge in [-0.1, -0.05) is 68.4 Å². The fraction of sp³-hybridized carbons (Fsp3) is 0.385. The number of alkyl carbamates (subject to hydrolysis) is 1. The number of ether oxygens (including phenoxy) is 1. The maximum absolute atomic E-state index is 13.0. The summed E-state index contributed by atoms with van der Waals surface area (Å²) in [7, 11) is 0. The zero-order chi connectivity index (χ0) is 24.5. The molecule has 8 nitrogen and oxygen atoms in total. The first kappa shape index (κ1) is 25.0. The molecule has 1 heterocycles. The molecule has 0 aliphatic carbocycles. The molecule has 3 rings (SSSR count). The van der Waals surface area contributed by atoms with Crippen molar-refractivity contribution in [1.82, 2.24) is 16.0 Å². The Bertz CT molecular complexity index is 1020. The van der Waals surface area contributed by atoms with Crippen LogP contribution in [0.1, 0.15) is 43.4 Å². The zero-order valence-electron chi connectivity index (χ0n) is 19.5. The van der Waals surface area contributed by atoms with Crippen molar-refractivity contribution in [3.8, 4) is 0 Å². The third kappa shape index (κ3) is 6.91. The van der Waals surface area contributed by atoms with Crippen molar-refractivity contribution >= 4 is 23.7 Å². The molecule has 0 bridgehead atoms. The van der Waals surface area contributed by atoms with Crippen LogP contribution < -0.4 is 16.0 Å². The van der Waals surface area contributed by atoms with Gasteiger partial charge < -0.3 is 20.7 Å². The molecule has 2 atom stereocenters. The molecular formula is C26H31N3O5. The number of amides is 3. The SMILES string of the molecule is CC(C)C(NC(=O)OCc1ccccc1)C(=O)NC1CCCc2ccccc2CNC(=O)C1=O. The number of hydrogen-bond donors (Lipinski definition) is 3. The van der Waals surface area contributed by atoms with E-state index in [-0.39, 0.29) is 19.1 Å². The van der Waals surface area contributed by atoms with Gasteiger partial charge in [-0.2, -0.15) is 0 Å². The normalized spacial score (nSPS) is 17.2. The van der Waals surface area contributed by atoms with E-state index in [1.807, 2.05) is 54.6 Å². The molecule has 180 valence electrons. The summed E-state index contributed by atoms with van der Waals surface area (Å²) in [5.41, 5.74) is 2.90. The highest BCUT2D eigenvalue weighted by Crippen LogP contribution is 2.15. The van der Waals surface area contributed by atoms with Crippen molar-refractivity contribution in [3.05, 3.63) is 71.3 Å². The van der Waals surface area contributed by atoms with E-state index in [4.69, 9.17) is 4.74 Å². The molecule has 1 aliphatic heterocycles. The minimum absolute atomic E-state index is 0.0713. The minimum atomic E-state index is -0.971. The largest absolute Gasteiger partial charge is 0.445 e. The van der Waals surface area contributed by atoms with Gasteiger partial charge in [-0.25, -0.2) is 4.79 Å². The number of nitrogens with one attached hydrogen (secondary N) is 3. The van der Waals surface area contributed by atoms with Crippen LogP contribution >= 0.6 is 0 Å². The molecule has 0 aromatic heterocycles. The van der Waals surface area contributed by atoms with Crippen LogP contribution in [0.2, 0.25) is 0 Å². The van der Waals surface area contributed by atoms with Gasteiger partial charge in [-0.15, -0.1) is 0 Å². The Morgan fingerprint density at radius 2 is 1.71 bits per heavy atom. The molecule has 0 spiro atoms. The summed E-state index contributed by atoms with van der Waals surface area (Å²) in [6.45, 7) is 3.88. The van der Waals surface area contributed by atoms with Gasteiger partial charge in [0.25, 0.3) is 5.91 Å². The molecule has 2 unspecified atom stereocenters. The monoisotopic (exact) mass is 465 g/mol. The van der Waals surface area contributed by atoms with E-state index in [0.717, 1.165) is 23.1 Å². The Hall–Kier alpha value is -3.68. The number of rotatable bonds is 6. The molecule has 0 radical (unpaired) electrons. The van der Waals surface area contributed by atoms with Crippen LogP contribution in [0.4, 0.5) is 4.79 Å². The summed E-state index contributed by atoms with van der Waals surface area (Å²) < 4.78 is 5.23. The molecule has 2 aromatic carbocycles. The Morgan fingerprint density at radius 3 is 2.41 bits per heavy atom. The molecule has 0 fully saturated rings. The van der Waals surface area contributed by atoms with E-state index in [1.54, 1.807) is 13.8 Å². The van der Waals surface area contributed by atoms with Crippen molar-refractivity contribution in [3.63, 3.8) is 0 Å². The average molecular weight is 466 g/mol. The van der Waals surface area contributed by atoms with E-state index in [0.29, 0.717) is 12.8 Å². The number of carbonyl (C=O) groups is 4. The molecule has 0 saturated heterocycles. The molecule has 3 amide bonds. The predicted molar refractivity (Wildman–Crippen MR) is 127 cm³/mol. The number of aryl methyl sites for hydroxylation is 1. The Kier molecular flexibility index (Phi) is 8.79. The van der Waals surface area contributed by atoms with Crippen LogP contribution in [-0.4, -0.2) is 35.8 Å². The predicted octanol–water partition coefficient (Wildman–Crippen LogP) is 2.64. The van der Waals surface area contributed by atoms with Gasteiger partial charge in [0.1, 0.15) is 12.6 Å². The fourth-order valence-corrected chi connectivity index (χ4v) is 3.85. The molecule has 1 aliphatic rings. The van der Waals surface area contributed by atoms with Crippen LogP contribution in [0.3, 0.4) is 0 Å². The van der Waals surface area contributed by atoms with Crippen LogP contribution in [0.15, 0.2) is 54.6 Å². The standard InChI is InChI=1S/C26H31N3O5/c1-17(2)22(29-26(33)34-16-18-9-4-3-5-10-18)24(31)28-21-14-8-13-19-11-6-7-12-20(19)15-27-25(32)23(21)30/h3-7,9-12,17,21-22H,8,13-16H2,1-2H3,(H,27,32)(H,28,31)(H,29,33). The van der Waals surface area contributed by atoms with Crippen molar-refractivity contribution in [1.29, 1.82) is 0 Å². The third-order valence-electron chi connectivity index (χ3n) is 5.79. The summed E-state index contributed by atoms with van der Waals surface area (Å²) in [5, 5.41) is 7.91. The molecule has 3 N–H and O–H groups in total. The zero-order valence-corrected chi connectivity index (χ0v) is 19.5. The van der Waals surface area contributed by atoms with E-state index in [2.05, 4.69) is 16.0 Å². The molecule has 0 saturated carbocycles. The van der Waals surface area contributed by atoms with E-state index in [9.17, 15) is 19.2 Å². The van der Waals surface area contributed by atoms with Crippen LogP contribution in [0.5, 0.6) is 0 Å². The second-order valence-corrected chi connectivity index (χ2v) is 8.70. The Labute approximate surface area is 199 Å². The summed E-state index contributed by atoms with van der Waals surface area (Å²) in [4.78, 5) is 50.5. The lowest BCUT2D eigenvalue weighted by atomic mass is 9.96. The van der Waals surface area contributed by atoms with E-state index in [1.165, 1.54) is 0 Å². The molecule has 34 heavy (non-hydrogen) atoms. The number of benzene rings is 2. The van der Waals surface area contributed by atoms with Gasteiger partial charge in [0.15, 0.2) is 0 Å². The van der Waals surface area contributed by atoms with Crippen molar-refractivity contribution < 1.29 is 23.9 Å². The van der Waals surface area contributed by atoms with Gasteiger partial charge in [0.05, 0.1) is 6.04 Å². The highest BCUT2D eigenvalue weighted by atomic mass is 16.5. The van der Waals surface area contributed by atoms with Gasteiger partial charge in [0.2, 0.25) is 11.7 Å². The highest BCUT2D eigenvalue weighted by Gasteiger charge is 2.32. The first-order valence-corrected chi connectivity index (χ1v) is 11.5. The maximum Gasteiger partial charge on any atom is 0.408 e. The highest BCUT2D eigenvalue weighted by molar-refractivity contribution is 6.38. The van der Waals surface area contributed by atoms with Gasteiger partial charge >= 0.3 is 6.09 Å². The molecular weight excluding hydrogens is 434 g/mol. The first-order valence-electron chi connectivity index (χ1n) is 11.5. The van der Waals surface area contributed by atoms with Crippen molar-refractivity contribution in [2.45, 2.75) is 58.3 Å². The molecule has 2 aromatic rings. The quantitative estimate of drug-likeness (QED) is 0.568. The Balaban J connectivity index is 1.62. The van der Waals surface area contributed by atoms with Crippen LogP contribution in [0, 0.1) is 5.92 Å². The lowest BCUT2D eigenvalue weighted by Crippen LogP contribution is -2.55. The topological polar surface area (TPSA) is 114 Å². The Morgan fingerprint density at radius 1 is 1.03 bits per heavy atom. The number of Topliss-reactive ketones (excluding diaryl/α,β-unsaturated/α-hetero) is 1.